The van der Waals surface area contributed by atoms with Crippen LogP contribution in [0.25, 0.3) is 15.8 Å². The Balaban J connectivity index is 1.36. The second-order valence-corrected chi connectivity index (χ2v) is 23.8. The highest BCUT2D eigenvalue weighted by Gasteiger charge is 2.60. The number of rotatable bonds is 32. The van der Waals surface area contributed by atoms with Crippen LogP contribution in [0.15, 0.2) is 70.6 Å². The lowest BCUT2D eigenvalue weighted by molar-refractivity contribution is -0.130. The topological polar surface area (TPSA) is 202 Å². The predicted molar refractivity (Wildman–Crippen MR) is 316 cm³/mol. The van der Waals surface area contributed by atoms with Gasteiger partial charge in [-0.05, 0) is 126 Å². The third kappa shape index (κ3) is 16.4. The summed E-state index contributed by atoms with van der Waals surface area (Å²) < 4.78 is 7.70. The van der Waals surface area contributed by atoms with Crippen molar-refractivity contribution >= 4 is 61.4 Å². The highest BCUT2D eigenvalue weighted by molar-refractivity contribution is 7.22. The maximum absolute atomic E-state index is 14.3. The maximum Gasteiger partial charge on any atom is 0.272 e. The van der Waals surface area contributed by atoms with Gasteiger partial charge in [-0.15, -0.1) is 0 Å². The molecule has 6 atom stereocenters. The average molecular weight is 1070 g/mol. The number of unbranched alkanes of at least 4 members (excludes halogenated alkanes) is 8. The molecule has 15 nitrogen and oxygen atoms in total. The number of amides is 2. The number of Topliss-reactive ketones (excluding diaryl/α,β-unsaturated/α-hetero) is 1. The van der Waals surface area contributed by atoms with Crippen molar-refractivity contribution in [3.63, 3.8) is 0 Å². The van der Waals surface area contributed by atoms with E-state index in [2.05, 4.69) is 52.0 Å². The van der Waals surface area contributed by atoms with Gasteiger partial charge in [-0.2, -0.15) is 0 Å². The van der Waals surface area contributed by atoms with Gasteiger partial charge in [-0.25, -0.2) is 9.97 Å². The summed E-state index contributed by atoms with van der Waals surface area (Å²) in [5.74, 6) is 2.63. The lowest BCUT2D eigenvalue weighted by atomic mass is 9.44. The Bertz CT molecular complexity index is 2500. The number of aliphatic imine (C=N–C) groups is 1. The zero-order chi connectivity index (χ0) is 55.7. The summed E-state index contributed by atoms with van der Waals surface area (Å²) in [7, 11) is 9.48. The summed E-state index contributed by atoms with van der Waals surface area (Å²) >= 11 is 1.54. The van der Waals surface area contributed by atoms with E-state index < -0.39 is 12.3 Å². The van der Waals surface area contributed by atoms with E-state index in [0.29, 0.717) is 79.4 Å². The first-order valence-corrected chi connectivity index (χ1v) is 29.0. The lowest BCUT2D eigenvalue weighted by Crippen LogP contribution is -2.56. The molecular weight excluding hydrogens is 971 g/mol. The Morgan fingerprint density at radius 1 is 0.882 bits per heavy atom. The van der Waals surface area contributed by atoms with Gasteiger partial charge in [0.1, 0.15) is 23.9 Å². The summed E-state index contributed by atoms with van der Waals surface area (Å²) in [5, 5.41) is 4.07. The van der Waals surface area contributed by atoms with Crippen LogP contribution in [-0.2, 0) is 14.3 Å². The molecule has 0 bridgehead atoms. The van der Waals surface area contributed by atoms with Gasteiger partial charge in [0.25, 0.3) is 5.91 Å². The van der Waals surface area contributed by atoms with Gasteiger partial charge in [0.15, 0.2) is 5.13 Å². The first-order chi connectivity index (χ1) is 36.1. The van der Waals surface area contributed by atoms with E-state index >= 15 is 0 Å². The number of allylic oxidation sites excluding steroid dienone is 2. The van der Waals surface area contributed by atoms with Crippen molar-refractivity contribution in [3.8, 4) is 0 Å². The van der Waals surface area contributed by atoms with E-state index in [4.69, 9.17) is 36.9 Å². The molecule has 1 fully saturated rings. The Hall–Kier alpha value is -5.16. The van der Waals surface area contributed by atoms with Crippen LogP contribution in [0.5, 0.6) is 0 Å². The minimum Gasteiger partial charge on any atom is -0.497 e. The Kier molecular flexibility index (Phi) is 23.5. The number of pyridine rings is 1. The summed E-state index contributed by atoms with van der Waals surface area (Å²) in [5.41, 5.74) is 25.7. The number of fused-ring (bicyclic) bond motifs is 2. The Morgan fingerprint density at radius 2 is 1.54 bits per heavy atom. The molecule has 6 unspecified atom stereocenters. The number of nitrogens with one attached hydrogen (secondary N) is 1. The van der Waals surface area contributed by atoms with Gasteiger partial charge in [-0.1, -0.05) is 96.1 Å². The normalized spacial score (nSPS) is 20.8. The van der Waals surface area contributed by atoms with Crippen molar-refractivity contribution in [1.29, 1.82) is 0 Å². The van der Waals surface area contributed by atoms with Crippen molar-refractivity contribution in [2.75, 3.05) is 78.2 Å². The van der Waals surface area contributed by atoms with E-state index in [1.165, 1.54) is 16.9 Å². The second-order valence-electron chi connectivity index (χ2n) is 22.7. The molecule has 76 heavy (non-hydrogen) atoms. The van der Waals surface area contributed by atoms with Crippen LogP contribution < -0.4 is 27.4 Å². The quantitative estimate of drug-likeness (QED) is 0.0200. The van der Waals surface area contributed by atoms with E-state index in [9.17, 15) is 14.4 Å². The van der Waals surface area contributed by atoms with Crippen molar-refractivity contribution < 1.29 is 19.1 Å². The number of ether oxygens (including phenoxy) is 1. The van der Waals surface area contributed by atoms with Gasteiger partial charge >= 0.3 is 0 Å². The van der Waals surface area contributed by atoms with Crippen molar-refractivity contribution in [3.05, 3.63) is 76.8 Å². The maximum atomic E-state index is 14.3. The fourth-order valence-corrected chi connectivity index (χ4v) is 12.0. The molecule has 2 amide bonds. The van der Waals surface area contributed by atoms with Crippen LogP contribution in [0.4, 0.5) is 10.9 Å². The number of hydrogen-bond acceptors (Lipinski definition) is 14. The predicted octanol–water partition coefficient (Wildman–Crippen LogP) is 10.6. The molecule has 2 aromatic heterocycles. The zero-order valence-electron chi connectivity index (χ0n) is 48.5. The number of ketones is 1. The molecule has 2 aliphatic rings. The largest absolute Gasteiger partial charge is 0.497 e. The molecule has 16 heteroatoms. The number of nitrogens with zero attached hydrogens (tertiary/aromatic N) is 7. The van der Waals surface area contributed by atoms with Crippen LogP contribution in [0.3, 0.4) is 0 Å². The molecule has 2 aliphatic carbocycles. The number of hydrogen-bond donors (Lipinski definition) is 4. The number of para-hydroxylation sites is 1. The lowest BCUT2D eigenvalue weighted by Gasteiger charge is -2.61. The van der Waals surface area contributed by atoms with Gasteiger partial charge in [-0.3, -0.25) is 14.6 Å². The number of carbonyl (C=O) groups is 3. The molecule has 0 aliphatic heterocycles. The molecule has 420 valence electrons. The van der Waals surface area contributed by atoms with Gasteiger partial charge in [0.05, 0.1) is 28.3 Å². The van der Waals surface area contributed by atoms with E-state index in [-0.39, 0.29) is 34.1 Å². The molecule has 0 spiro atoms. The second kappa shape index (κ2) is 29.0. The number of likely N-dealkylation sites (N-methyl/N-ethyl adjacent to an activating group) is 1. The van der Waals surface area contributed by atoms with Gasteiger partial charge in [0.2, 0.25) is 5.91 Å². The molecule has 0 radical (unpaired) electrons. The minimum atomic E-state index is -0.675. The highest BCUT2D eigenvalue weighted by Crippen LogP contribution is 2.66. The van der Waals surface area contributed by atoms with Crippen LogP contribution in [0.2, 0.25) is 0 Å². The highest BCUT2D eigenvalue weighted by atomic mass is 32.1. The molecule has 7 N–H and O–H groups in total. The third-order valence-corrected chi connectivity index (χ3v) is 17.2. The van der Waals surface area contributed by atoms with E-state index in [1.807, 2.05) is 73.2 Å². The molecule has 1 aromatic carbocycles. The Morgan fingerprint density at radius 3 is 2.17 bits per heavy atom. The summed E-state index contributed by atoms with van der Waals surface area (Å²) in [6, 6.07) is 11.8. The van der Waals surface area contributed by atoms with Crippen LogP contribution >= 0.6 is 11.3 Å². The molecule has 2 heterocycles. The first kappa shape index (κ1) is 61.7. The van der Waals surface area contributed by atoms with Crippen molar-refractivity contribution in [2.24, 2.45) is 44.9 Å². The van der Waals surface area contributed by atoms with Crippen molar-refractivity contribution in [1.82, 2.24) is 24.7 Å². The number of nitrogens with two attached hydrogens (primary N) is 3. The molecular formula is C60H95N11O4S. The van der Waals surface area contributed by atoms with Crippen molar-refractivity contribution in [2.45, 2.75) is 157 Å². The van der Waals surface area contributed by atoms with Crippen LogP contribution in [0, 0.1) is 22.7 Å². The van der Waals surface area contributed by atoms with Crippen LogP contribution in [0.1, 0.15) is 161 Å². The molecule has 3 aromatic rings. The number of thiazole rings is 1. The summed E-state index contributed by atoms with van der Waals surface area (Å²) in [4.78, 5) is 61.4. The number of benzene rings is 1. The average Bonchev–Trinajstić information content (AvgIpc) is 3.84. The van der Waals surface area contributed by atoms with Gasteiger partial charge < -0.3 is 51.6 Å². The SMILES string of the molecule is CCC1(C)CC(OCCN(C)C)=C2C(C)C(C)C2(CN=C(C)/C(=C\N)c2ccc(N(CCCCN(C)C(=O)CCCCCCCCCCC(C)=O)C(N)/C=C(/C)C(N)Nc3nc4ccccc4s3)nc2C(=O)N(C)C)C1. The molecule has 1 saturated carbocycles. The number of aromatic nitrogens is 2. The standard InChI is InChI=1S/C60H95N11O4S/c1-13-59(7)37-49(75-35-34-68(8)9)54-43(4)44(5)60(54,39-59)40-64-45(6)47(38-61)46-30-31-52(66-55(46)57(74)69(10)11)71(51(62)36-41(2)56(63)67-58-65-48-27-22-23-28-50(48)76-58)33-25-24-32-70(12)53(73)29-21-19-17-15-14-16-18-20-26-42(3)72/h22-23,27-28,30-31,36,38,43-44,51,56H,13-21,24-26,29,32-35,37,39-40,61-63H2,1-12H3,(H,65,67)/b41-36-,47-38+,64-45?. The minimum absolute atomic E-state index is 0.0810. The summed E-state index contributed by atoms with van der Waals surface area (Å²) in [6.07, 6.45) is 16.5. The van der Waals surface area contributed by atoms with Gasteiger partial charge in [0, 0.05) is 95.0 Å². The zero-order valence-corrected chi connectivity index (χ0v) is 49.3. The number of anilines is 2. The molecule has 5 rings (SSSR count). The van der Waals surface area contributed by atoms with E-state index in [1.54, 1.807) is 38.6 Å². The van der Waals surface area contributed by atoms with E-state index in [0.717, 1.165) is 104 Å². The third-order valence-electron chi connectivity index (χ3n) is 16.2. The fraction of sp³-hybridized carbons (Fsp3) is 0.633. The monoisotopic (exact) mass is 1070 g/mol. The van der Waals surface area contributed by atoms with Crippen LogP contribution in [-0.4, -0.2) is 128 Å². The smallest absolute Gasteiger partial charge is 0.272 e. The Labute approximate surface area is 460 Å². The molecule has 0 saturated heterocycles. The number of carbonyl (C=O) groups excluding carboxylic acids is 3. The summed E-state index contributed by atoms with van der Waals surface area (Å²) in [6.45, 7) is 18.1. The fourth-order valence-electron chi connectivity index (χ4n) is 11.1. The first-order valence-electron chi connectivity index (χ1n) is 28.1.